The summed E-state index contributed by atoms with van der Waals surface area (Å²) in [6, 6.07) is -0.836. The number of ether oxygens (including phenoxy) is 2. The van der Waals surface area contributed by atoms with Crippen LogP contribution < -0.4 is 0 Å². The average Bonchev–Trinajstić information content (AvgIpc) is 3.41. The Hall–Kier alpha value is -2.19. The van der Waals surface area contributed by atoms with Crippen LogP contribution in [0, 0.1) is 23.2 Å². The molecule has 8 heteroatoms. The largest absolute Gasteiger partial charge is 0.465 e. The molecule has 3 rings (SSSR count). The summed E-state index contributed by atoms with van der Waals surface area (Å²) in [6.07, 6.45) is 10.4. The summed E-state index contributed by atoms with van der Waals surface area (Å²) in [5, 5.41) is 9.23. The topological polar surface area (TPSA) is 96.4 Å². The maximum Gasteiger partial charge on any atom is 0.312 e. The normalized spacial score (nSPS) is 30.0. The second kappa shape index (κ2) is 13.8. The molecule has 3 fully saturated rings. The molecule has 3 unspecified atom stereocenters. The van der Waals surface area contributed by atoms with Crippen molar-refractivity contribution in [3.8, 4) is 0 Å². The van der Waals surface area contributed by atoms with E-state index in [0.717, 1.165) is 38.5 Å². The molecule has 3 saturated heterocycles. The molecule has 0 aromatic carbocycles. The van der Waals surface area contributed by atoms with Gasteiger partial charge >= 0.3 is 5.97 Å². The molecule has 2 bridgehead atoms. The third kappa shape index (κ3) is 7.06. The van der Waals surface area contributed by atoms with Crippen molar-refractivity contribution in [2.45, 2.75) is 129 Å². The summed E-state index contributed by atoms with van der Waals surface area (Å²) in [5.74, 6) is -2.30. The van der Waals surface area contributed by atoms with Crippen molar-refractivity contribution in [2.75, 3.05) is 26.3 Å². The molecule has 0 radical (unpaired) electrons. The molecule has 3 aliphatic rings. The van der Waals surface area contributed by atoms with Crippen LogP contribution in [0.1, 0.15) is 106 Å². The highest BCUT2D eigenvalue weighted by Crippen LogP contribution is 2.65. The van der Waals surface area contributed by atoms with Crippen LogP contribution in [-0.4, -0.2) is 81.8 Å². The molecular formula is C35H58N2O6. The second-order valence-electron chi connectivity index (χ2n) is 15.1. The van der Waals surface area contributed by atoms with Gasteiger partial charge in [-0.25, -0.2) is 0 Å². The zero-order chi connectivity index (χ0) is 32.2. The summed E-state index contributed by atoms with van der Waals surface area (Å²) in [5.41, 5.74) is -2.54. The lowest BCUT2D eigenvalue weighted by Gasteiger charge is -2.45. The first kappa shape index (κ1) is 35.3. The number of fused-ring (bicyclic) bond motifs is 1. The van der Waals surface area contributed by atoms with Gasteiger partial charge in [-0.3, -0.25) is 14.4 Å². The van der Waals surface area contributed by atoms with Gasteiger partial charge in [0.25, 0.3) is 0 Å². The number of rotatable bonds is 17. The lowest BCUT2D eigenvalue weighted by molar-refractivity contribution is -0.163. The van der Waals surface area contributed by atoms with Crippen molar-refractivity contribution in [1.82, 2.24) is 9.80 Å². The van der Waals surface area contributed by atoms with E-state index >= 15 is 0 Å². The SMILES string of the molecule is C=CCCCCOC(=O)[C@@H]1[C@H]2C(=O)N(CCCCCCO)C(C(=O)N(CC=C)C(C)(C)CC(C)(C)C)C23CC(C)[C@@]1(C)O3. The molecule has 3 aliphatic heterocycles. The van der Waals surface area contributed by atoms with Gasteiger partial charge in [-0.15, -0.1) is 13.2 Å². The maximum absolute atomic E-state index is 14.9. The Morgan fingerprint density at radius 3 is 2.37 bits per heavy atom. The van der Waals surface area contributed by atoms with E-state index in [2.05, 4.69) is 54.7 Å². The van der Waals surface area contributed by atoms with E-state index in [9.17, 15) is 19.5 Å². The minimum absolute atomic E-state index is 0.0350. The fourth-order valence-corrected chi connectivity index (χ4v) is 8.32. The smallest absolute Gasteiger partial charge is 0.312 e. The van der Waals surface area contributed by atoms with Crippen LogP contribution in [0.15, 0.2) is 25.3 Å². The average molecular weight is 603 g/mol. The number of hydrogen-bond acceptors (Lipinski definition) is 6. The van der Waals surface area contributed by atoms with Gasteiger partial charge in [0.05, 0.1) is 18.1 Å². The Labute approximate surface area is 260 Å². The van der Waals surface area contributed by atoms with Crippen LogP contribution in [0.25, 0.3) is 0 Å². The van der Waals surface area contributed by atoms with Gasteiger partial charge < -0.3 is 24.4 Å². The molecular weight excluding hydrogens is 544 g/mol. The number of carbonyl (C=O) groups excluding carboxylic acids is 3. The Morgan fingerprint density at radius 2 is 1.77 bits per heavy atom. The van der Waals surface area contributed by atoms with Gasteiger partial charge in [0.1, 0.15) is 17.6 Å². The zero-order valence-electron chi connectivity index (χ0n) is 28.0. The van der Waals surface area contributed by atoms with E-state index in [1.165, 1.54) is 0 Å². The fourth-order valence-electron chi connectivity index (χ4n) is 8.32. The van der Waals surface area contributed by atoms with E-state index in [-0.39, 0.29) is 36.4 Å². The van der Waals surface area contributed by atoms with Crippen molar-refractivity contribution in [2.24, 2.45) is 23.2 Å². The summed E-state index contributed by atoms with van der Waals surface area (Å²) < 4.78 is 12.7. The number of likely N-dealkylation sites (tertiary alicyclic amines) is 1. The number of nitrogens with zero attached hydrogens (tertiary/aromatic N) is 2. The summed E-state index contributed by atoms with van der Waals surface area (Å²) in [4.78, 5) is 46.7. The van der Waals surface area contributed by atoms with Gasteiger partial charge in [-0.05, 0) is 77.0 Å². The quantitative estimate of drug-likeness (QED) is 0.131. The standard InChI is InChI=1S/C35H58N2O6/c1-10-12-13-18-22-42-31(41)27-26-29(39)36(20-16-14-15-17-21-38)28(35(26)23-25(3)34(27,9)43-35)30(40)37(19-11-2)33(7,8)24-32(4,5)6/h10-11,25-28,38H,1-2,12-24H2,3-9H3/t25?,26-,27-,28?,34+,35?/m0/s1. The third-order valence-corrected chi connectivity index (χ3v) is 9.93. The van der Waals surface area contributed by atoms with E-state index < -0.39 is 40.6 Å². The molecule has 8 nitrogen and oxygen atoms in total. The number of esters is 1. The maximum atomic E-state index is 14.9. The third-order valence-electron chi connectivity index (χ3n) is 9.93. The first-order valence-electron chi connectivity index (χ1n) is 16.4. The number of aliphatic hydroxyl groups is 1. The van der Waals surface area contributed by atoms with Gasteiger partial charge in [-0.2, -0.15) is 0 Å². The highest BCUT2D eigenvalue weighted by Gasteiger charge is 2.80. The Morgan fingerprint density at radius 1 is 1.09 bits per heavy atom. The second-order valence-corrected chi connectivity index (χ2v) is 15.1. The molecule has 0 aromatic heterocycles. The lowest BCUT2D eigenvalue weighted by Crippen LogP contribution is -2.61. The van der Waals surface area contributed by atoms with Crippen molar-refractivity contribution >= 4 is 17.8 Å². The van der Waals surface area contributed by atoms with Crippen molar-refractivity contribution < 1.29 is 29.0 Å². The molecule has 43 heavy (non-hydrogen) atoms. The zero-order valence-corrected chi connectivity index (χ0v) is 28.0. The van der Waals surface area contributed by atoms with E-state index in [4.69, 9.17) is 9.47 Å². The predicted octanol–water partition coefficient (Wildman–Crippen LogP) is 5.68. The van der Waals surface area contributed by atoms with Gasteiger partial charge in [0, 0.05) is 25.2 Å². The summed E-state index contributed by atoms with van der Waals surface area (Å²) in [6.45, 7) is 23.5. The molecule has 0 aliphatic carbocycles. The van der Waals surface area contributed by atoms with Crippen LogP contribution in [0.4, 0.5) is 0 Å². The van der Waals surface area contributed by atoms with Crippen LogP contribution in [-0.2, 0) is 23.9 Å². The number of allylic oxidation sites excluding steroid dienone is 1. The lowest BCUT2D eigenvalue weighted by atomic mass is 9.62. The van der Waals surface area contributed by atoms with Crippen LogP contribution in [0.5, 0.6) is 0 Å². The van der Waals surface area contributed by atoms with Crippen molar-refractivity contribution in [3.05, 3.63) is 25.3 Å². The minimum Gasteiger partial charge on any atom is -0.465 e. The van der Waals surface area contributed by atoms with Crippen LogP contribution >= 0.6 is 0 Å². The fraction of sp³-hybridized carbons (Fsp3) is 0.800. The van der Waals surface area contributed by atoms with Crippen LogP contribution in [0.2, 0.25) is 0 Å². The summed E-state index contributed by atoms with van der Waals surface area (Å²) in [7, 11) is 0. The highest BCUT2D eigenvalue weighted by molar-refractivity contribution is 5.98. The molecule has 1 N–H and O–H groups in total. The Balaban J connectivity index is 2.02. The number of amides is 2. The minimum atomic E-state index is -1.10. The van der Waals surface area contributed by atoms with Gasteiger partial charge in [0.15, 0.2) is 0 Å². The molecule has 3 heterocycles. The number of hydrogen-bond donors (Lipinski definition) is 1. The number of unbranched alkanes of at least 4 members (excludes halogenated alkanes) is 5. The molecule has 2 amide bonds. The van der Waals surface area contributed by atoms with E-state index in [1.807, 2.05) is 17.9 Å². The van der Waals surface area contributed by atoms with E-state index in [1.54, 1.807) is 11.0 Å². The van der Waals surface area contributed by atoms with Gasteiger partial charge in [0.2, 0.25) is 11.8 Å². The van der Waals surface area contributed by atoms with Gasteiger partial charge in [-0.1, -0.05) is 52.7 Å². The highest BCUT2D eigenvalue weighted by atomic mass is 16.6. The first-order chi connectivity index (χ1) is 20.1. The van der Waals surface area contributed by atoms with E-state index in [0.29, 0.717) is 32.4 Å². The molecule has 6 atom stereocenters. The molecule has 1 spiro atoms. The number of carbonyl (C=O) groups is 3. The molecule has 244 valence electrons. The predicted molar refractivity (Wildman–Crippen MR) is 169 cm³/mol. The first-order valence-corrected chi connectivity index (χ1v) is 16.4. The molecule has 0 aromatic rings. The Kier molecular flexibility index (Phi) is 11.4. The van der Waals surface area contributed by atoms with Crippen LogP contribution in [0.3, 0.4) is 0 Å². The summed E-state index contributed by atoms with van der Waals surface area (Å²) >= 11 is 0. The van der Waals surface area contributed by atoms with Crippen molar-refractivity contribution in [1.29, 1.82) is 0 Å². The van der Waals surface area contributed by atoms with Crippen molar-refractivity contribution in [3.63, 3.8) is 0 Å². The number of aliphatic hydroxyl groups excluding tert-OH is 1. The Bertz CT molecular complexity index is 1030. The monoisotopic (exact) mass is 602 g/mol. The molecule has 0 saturated carbocycles.